The number of fused-ring (bicyclic) bond motifs is 1. The maximum Gasteiger partial charge on any atom is 0.0413 e. The first-order valence-electron chi connectivity index (χ1n) is 7.01. The zero-order chi connectivity index (χ0) is 15.0. The summed E-state index contributed by atoms with van der Waals surface area (Å²) >= 11 is 8.07. The van der Waals surface area contributed by atoms with Gasteiger partial charge in [-0.1, -0.05) is 41.9 Å². The van der Waals surface area contributed by atoms with Gasteiger partial charge < -0.3 is 4.90 Å². The molecule has 0 N–H and O–H groups in total. The van der Waals surface area contributed by atoms with Crippen LogP contribution in [-0.2, 0) is 0 Å². The minimum atomic E-state index is 0.340. The Bertz CT molecular complexity index is 761. The van der Waals surface area contributed by atoms with Gasteiger partial charge in [0.15, 0.2) is 0 Å². The van der Waals surface area contributed by atoms with Crippen molar-refractivity contribution < 1.29 is 0 Å². The Hall–Kier alpha value is -1.35. The van der Waals surface area contributed by atoms with Crippen LogP contribution in [0.25, 0.3) is 20.5 Å². The lowest BCUT2D eigenvalue weighted by Gasteiger charge is -2.21. The van der Waals surface area contributed by atoms with Crippen LogP contribution in [0.1, 0.15) is 18.5 Å². The average Bonchev–Trinajstić information content (AvgIpc) is 2.85. The predicted octanol–water partition coefficient (Wildman–Crippen LogP) is 5.84. The van der Waals surface area contributed by atoms with E-state index in [1.54, 1.807) is 0 Å². The van der Waals surface area contributed by atoms with E-state index in [2.05, 4.69) is 68.4 Å². The van der Waals surface area contributed by atoms with Gasteiger partial charge in [0.25, 0.3) is 0 Å². The topological polar surface area (TPSA) is 3.24 Å². The molecule has 0 saturated heterocycles. The Morgan fingerprint density at radius 2 is 1.76 bits per heavy atom. The van der Waals surface area contributed by atoms with Crippen molar-refractivity contribution in [1.29, 1.82) is 0 Å². The summed E-state index contributed by atoms with van der Waals surface area (Å²) in [6.45, 7) is 2.24. The second-order valence-corrected chi connectivity index (χ2v) is 6.98. The Kier molecular flexibility index (Phi) is 4.03. The maximum absolute atomic E-state index is 6.22. The first-order valence-corrected chi connectivity index (χ1v) is 8.21. The van der Waals surface area contributed by atoms with Crippen molar-refractivity contribution in [2.45, 2.75) is 13.0 Å². The van der Waals surface area contributed by atoms with Gasteiger partial charge in [0, 0.05) is 20.6 Å². The number of benzene rings is 2. The van der Waals surface area contributed by atoms with Crippen LogP contribution in [0.4, 0.5) is 0 Å². The summed E-state index contributed by atoms with van der Waals surface area (Å²) in [6.07, 6.45) is 0. The molecular formula is C18H18ClNS. The van der Waals surface area contributed by atoms with Gasteiger partial charge in [-0.25, -0.2) is 0 Å². The third-order valence-corrected chi connectivity index (χ3v) is 5.39. The van der Waals surface area contributed by atoms with Gasteiger partial charge in [-0.05, 0) is 55.7 Å². The van der Waals surface area contributed by atoms with E-state index in [0.717, 1.165) is 5.02 Å². The molecule has 0 radical (unpaired) electrons. The molecule has 0 spiro atoms. The van der Waals surface area contributed by atoms with Gasteiger partial charge in [0.05, 0.1) is 0 Å². The van der Waals surface area contributed by atoms with Gasteiger partial charge in [0.2, 0.25) is 0 Å². The molecule has 0 saturated carbocycles. The number of halogens is 1. The van der Waals surface area contributed by atoms with Crippen LogP contribution in [0.2, 0.25) is 5.02 Å². The quantitative estimate of drug-likeness (QED) is 0.586. The lowest BCUT2D eigenvalue weighted by Crippen LogP contribution is -2.16. The summed E-state index contributed by atoms with van der Waals surface area (Å²) in [4.78, 5) is 3.59. The number of hydrogen-bond acceptors (Lipinski definition) is 2. The summed E-state index contributed by atoms with van der Waals surface area (Å²) in [6, 6.07) is 17.1. The van der Waals surface area contributed by atoms with E-state index in [0.29, 0.717) is 6.04 Å². The molecule has 2 aromatic carbocycles. The number of thiophene rings is 1. The number of nitrogens with zero attached hydrogens (tertiary/aromatic N) is 1. The summed E-state index contributed by atoms with van der Waals surface area (Å²) in [5, 5.41) is 2.07. The van der Waals surface area contributed by atoms with Crippen molar-refractivity contribution in [3.63, 3.8) is 0 Å². The van der Waals surface area contributed by atoms with E-state index in [-0.39, 0.29) is 0 Å². The van der Waals surface area contributed by atoms with Crippen LogP contribution in [-0.4, -0.2) is 19.0 Å². The SMILES string of the molecule is CC(c1c(-c2ccccc2)sc2ccc(Cl)cc12)N(C)C. The molecule has 1 aromatic heterocycles. The molecule has 3 aromatic rings. The standard InChI is InChI=1S/C18H18ClNS/c1-12(20(2)3)17-15-11-14(19)9-10-16(15)21-18(17)13-7-5-4-6-8-13/h4-12H,1-3H3. The van der Waals surface area contributed by atoms with Crippen LogP contribution in [0.3, 0.4) is 0 Å². The Labute approximate surface area is 134 Å². The summed E-state index contributed by atoms with van der Waals surface area (Å²) in [5.74, 6) is 0. The van der Waals surface area contributed by atoms with Crippen molar-refractivity contribution >= 4 is 33.0 Å². The van der Waals surface area contributed by atoms with Crippen LogP contribution < -0.4 is 0 Å². The number of rotatable bonds is 3. The molecule has 1 atom stereocenters. The van der Waals surface area contributed by atoms with Crippen LogP contribution in [0.5, 0.6) is 0 Å². The van der Waals surface area contributed by atoms with Crippen molar-refractivity contribution in [2.24, 2.45) is 0 Å². The molecule has 108 valence electrons. The van der Waals surface area contributed by atoms with E-state index >= 15 is 0 Å². The largest absolute Gasteiger partial charge is 0.303 e. The van der Waals surface area contributed by atoms with E-state index in [1.165, 1.54) is 26.1 Å². The van der Waals surface area contributed by atoms with Crippen molar-refractivity contribution in [2.75, 3.05) is 14.1 Å². The molecule has 0 aliphatic carbocycles. The molecule has 0 fully saturated rings. The van der Waals surface area contributed by atoms with Crippen molar-refractivity contribution in [1.82, 2.24) is 4.90 Å². The molecule has 1 nitrogen and oxygen atoms in total. The first-order chi connectivity index (χ1) is 10.1. The normalized spacial score (nSPS) is 13.0. The number of hydrogen-bond donors (Lipinski definition) is 0. The summed E-state index contributed by atoms with van der Waals surface area (Å²) < 4.78 is 1.29. The fourth-order valence-corrected chi connectivity index (χ4v) is 4.02. The molecule has 0 amide bonds. The summed E-state index contributed by atoms with van der Waals surface area (Å²) in [7, 11) is 4.24. The first kappa shape index (κ1) is 14.6. The molecule has 0 aliphatic rings. The molecule has 1 unspecified atom stereocenters. The average molecular weight is 316 g/mol. The van der Waals surface area contributed by atoms with E-state index in [1.807, 2.05) is 17.4 Å². The third-order valence-electron chi connectivity index (χ3n) is 3.92. The van der Waals surface area contributed by atoms with E-state index in [4.69, 9.17) is 11.6 Å². The fourth-order valence-electron chi connectivity index (χ4n) is 2.57. The van der Waals surface area contributed by atoms with Crippen LogP contribution in [0, 0.1) is 0 Å². The molecule has 0 aliphatic heterocycles. The van der Waals surface area contributed by atoms with Gasteiger partial charge >= 0.3 is 0 Å². The molecule has 1 heterocycles. The second kappa shape index (κ2) is 5.80. The van der Waals surface area contributed by atoms with Crippen molar-refractivity contribution in [3.8, 4) is 10.4 Å². The third kappa shape index (κ3) is 2.71. The van der Waals surface area contributed by atoms with Gasteiger partial charge in [0.1, 0.15) is 0 Å². The Morgan fingerprint density at radius 3 is 2.43 bits per heavy atom. The van der Waals surface area contributed by atoms with Gasteiger partial charge in [-0.2, -0.15) is 0 Å². The molecule has 3 rings (SSSR count). The zero-order valence-corrected chi connectivity index (χ0v) is 14.0. The smallest absolute Gasteiger partial charge is 0.0413 e. The monoisotopic (exact) mass is 315 g/mol. The molecule has 0 bridgehead atoms. The lowest BCUT2D eigenvalue weighted by atomic mass is 10.00. The minimum absolute atomic E-state index is 0.340. The highest BCUT2D eigenvalue weighted by molar-refractivity contribution is 7.22. The van der Waals surface area contributed by atoms with Crippen LogP contribution in [0.15, 0.2) is 48.5 Å². The molecule has 21 heavy (non-hydrogen) atoms. The zero-order valence-electron chi connectivity index (χ0n) is 12.4. The molecular weight excluding hydrogens is 298 g/mol. The lowest BCUT2D eigenvalue weighted by molar-refractivity contribution is 0.324. The predicted molar refractivity (Wildman–Crippen MR) is 94.4 cm³/mol. The van der Waals surface area contributed by atoms with E-state index < -0.39 is 0 Å². The highest BCUT2D eigenvalue weighted by Crippen LogP contribution is 2.43. The van der Waals surface area contributed by atoms with Gasteiger partial charge in [-0.15, -0.1) is 11.3 Å². The van der Waals surface area contributed by atoms with E-state index in [9.17, 15) is 0 Å². The highest BCUT2D eigenvalue weighted by atomic mass is 35.5. The van der Waals surface area contributed by atoms with Crippen molar-refractivity contribution in [3.05, 3.63) is 59.1 Å². The summed E-state index contributed by atoms with van der Waals surface area (Å²) in [5.41, 5.74) is 2.65. The second-order valence-electron chi connectivity index (χ2n) is 5.49. The minimum Gasteiger partial charge on any atom is -0.303 e. The van der Waals surface area contributed by atoms with Gasteiger partial charge in [-0.3, -0.25) is 0 Å². The maximum atomic E-state index is 6.22. The highest BCUT2D eigenvalue weighted by Gasteiger charge is 2.20. The van der Waals surface area contributed by atoms with Crippen LogP contribution >= 0.6 is 22.9 Å². The fraction of sp³-hybridized carbons (Fsp3) is 0.222. The molecule has 3 heteroatoms. The Balaban J connectivity index is 2.31. The Morgan fingerprint density at radius 1 is 1.05 bits per heavy atom.